The molecule has 1 aliphatic carbocycles. The van der Waals surface area contributed by atoms with Crippen molar-refractivity contribution >= 4 is 6.03 Å². The Balaban J connectivity index is 1.21. The van der Waals surface area contributed by atoms with Gasteiger partial charge >= 0.3 is 6.03 Å². The van der Waals surface area contributed by atoms with E-state index in [4.69, 9.17) is 4.74 Å². The highest BCUT2D eigenvalue weighted by atomic mass is 16.5. The second-order valence-corrected chi connectivity index (χ2v) is 8.24. The molecule has 0 aromatic heterocycles. The van der Waals surface area contributed by atoms with Crippen LogP contribution in [0.25, 0.3) is 0 Å². The van der Waals surface area contributed by atoms with E-state index in [2.05, 4.69) is 53.6 Å². The van der Waals surface area contributed by atoms with Crippen LogP contribution in [0.4, 0.5) is 4.79 Å². The molecule has 0 radical (unpaired) electrons. The van der Waals surface area contributed by atoms with Crippen LogP contribution < -0.4 is 10.6 Å². The van der Waals surface area contributed by atoms with Crippen molar-refractivity contribution in [3.05, 3.63) is 35.4 Å². The first-order valence-corrected chi connectivity index (χ1v) is 9.51. The Morgan fingerprint density at radius 1 is 1.32 bits per heavy atom. The summed E-state index contributed by atoms with van der Waals surface area (Å²) in [5.41, 5.74) is 2.92. The first-order valence-electron chi connectivity index (χ1n) is 9.51. The topological polar surface area (TPSA) is 53.6 Å². The van der Waals surface area contributed by atoms with Gasteiger partial charge in [-0.2, -0.15) is 0 Å². The molecule has 1 aromatic rings. The number of hydrogen-bond donors (Lipinski definition) is 2. The van der Waals surface area contributed by atoms with Crippen LogP contribution in [0.3, 0.4) is 0 Å². The molecule has 5 heteroatoms. The largest absolute Gasteiger partial charge is 0.377 e. The fourth-order valence-electron chi connectivity index (χ4n) is 4.88. The van der Waals surface area contributed by atoms with E-state index < -0.39 is 0 Å². The maximum absolute atomic E-state index is 12.3. The number of ether oxygens (including phenoxy) is 1. The minimum absolute atomic E-state index is 0.0368. The molecule has 25 heavy (non-hydrogen) atoms. The Morgan fingerprint density at radius 2 is 2.12 bits per heavy atom. The molecule has 2 aliphatic heterocycles. The summed E-state index contributed by atoms with van der Waals surface area (Å²) in [6.07, 6.45) is 2.47. The second kappa shape index (κ2) is 6.61. The van der Waals surface area contributed by atoms with Crippen molar-refractivity contribution in [3.8, 4) is 0 Å². The lowest BCUT2D eigenvalue weighted by atomic mass is 9.57. The zero-order valence-electron chi connectivity index (χ0n) is 15.3. The molecule has 2 fully saturated rings. The molecule has 3 atom stereocenters. The van der Waals surface area contributed by atoms with Gasteiger partial charge in [0.25, 0.3) is 0 Å². The van der Waals surface area contributed by atoms with E-state index in [9.17, 15) is 4.79 Å². The molecule has 1 aromatic carbocycles. The van der Waals surface area contributed by atoms with Crippen molar-refractivity contribution in [3.63, 3.8) is 0 Å². The van der Waals surface area contributed by atoms with Crippen molar-refractivity contribution in [2.45, 2.75) is 45.4 Å². The predicted octanol–water partition coefficient (Wildman–Crippen LogP) is 2.16. The van der Waals surface area contributed by atoms with Crippen LogP contribution in [0.5, 0.6) is 0 Å². The van der Waals surface area contributed by atoms with E-state index in [1.807, 2.05) is 0 Å². The fourth-order valence-corrected chi connectivity index (χ4v) is 4.88. The standard InChI is InChI=1S/C20H29N3O2/c1-20(2)17(16-8-12-25-18(16)20)22-19(24)21-9-11-23-10-7-14-5-3-4-6-15(14)13-23/h3-6,16-18H,7-13H2,1-2H3,(H2,21,22,24)/t16-,17-,18-/m1/s1. The van der Waals surface area contributed by atoms with Gasteiger partial charge in [0.2, 0.25) is 0 Å². The molecule has 1 saturated heterocycles. The first-order chi connectivity index (χ1) is 12.1. The molecular weight excluding hydrogens is 314 g/mol. The number of fused-ring (bicyclic) bond motifs is 2. The molecule has 0 spiro atoms. The summed E-state index contributed by atoms with van der Waals surface area (Å²) < 4.78 is 5.79. The molecule has 0 unspecified atom stereocenters. The highest BCUT2D eigenvalue weighted by Crippen LogP contribution is 2.52. The SMILES string of the molecule is CC1(C)[C@H](NC(=O)NCCN2CCc3ccccc3C2)[C@H]2CCO[C@H]21. The number of rotatable bonds is 4. The molecule has 3 aliphatic rings. The summed E-state index contributed by atoms with van der Waals surface area (Å²) in [5, 5.41) is 6.22. The van der Waals surface area contributed by atoms with E-state index in [1.54, 1.807) is 0 Å². The highest BCUT2D eigenvalue weighted by Gasteiger charge is 2.59. The van der Waals surface area contributed by atoms with Crippen molar-refractivity contribution < 1.29 is 9.53 Å². The van der Waals surface area contributed by atoms with Gasteiger partial charge in [-0.05, 0) is 24.0 Å². The van der Waals surface area contributed by atoms with Gasteiger partial charge in [-0.3, -0.25) is 4.90 Å². The number of nitrogens with one attached hydrogen (secondary N) is 2. The summed E-state index contributed by atoms with van der Waals surface area (Å²) in [6.45, 7) is 8.84. The maximum Gasteiger partial charge on any atom is 0.315 e. The van der Waals surface area contributed by atoms with E-state index >= 15 is 0 Å². The van der Waals surface area contributed by atoms with E-state index in [0.717, 1.165) is 39.1 Å². The van der Waals surface area contributed by atoms with Crippen molar-refractivity contribution in [2.75, 3.05) is 26.2 Å². The third kappa shape index (κ3) is 3.15. The quantitative estimate of drug-likeness (QED) is 0.881. The molecule has 2 heterocycles. The number of carbonyl (C=O) groups is 1. The van der Waals surface area contributed by atoms with Gasteiger partial charge in [-0.15, -0.1) is 0 Å². The summed E-state index contributed by atoms with van der Waals surface area (Å²) in [5.74, 6) is 0.486. The third-order valence-electron chi connectivity index (χ3n) is 6.31. The van der Waals surface area contributed by atoms with Crippen LogP contribution in [0, 0.1) is 11.3 Å². The van der Waals surface area contributed by atoms with E-state index in [1.165, 1.54) is 11.1 Å². The van der Waals surface area contributed by atoms with Crippen molar-refractivity contribution in [2.24, 2.45) is 11.3 Å². The average molecular weight is 343 g/mol. The molecular formula is C20H29N3O2. The first kappa shape index (κ1) is 16.9. The van der Waals surface area contributed by atoms with E-state index in [0.29, 0.717) is 18.6 Å². The van der Waals surface area contributed by atoms with Crippen LogP contribution in [0.1, 0.15) is 31.4 Å². The zero-order valence-corrected chi connectivity index (χ0v) is 15.3. The van der Waals surface area contributed by atoms with Gasteiger partial charge in [-0.25, -0.2) is 4.79 Å². The number of nitrogens with zero attached hydrogens (tertiary/aromatic N) is 1. The number of carbonyl (C=O) groups excluding carboxylic acids is 1. The Bertz CT molecular complexity index is 646. The van der Waals surface area contributed by atoms with Crippen LogP contribution in [0.2, 0.25) is 0 Å². The van der Waals surface area contributed by atoms with Crippen LogP contribution in [-0.2, 0) is 17.7 Å². The lowest BCUT2D eigenvalue weighted by Gasteiger charge is -2.54. The molecule has 1 saturated carbocycles. The Hall–Kier alpha value is -1.59. The van der Waals surface area contributed by atoms with Gasteiger partial charge in [0.05, 0.1) is 6.10 Å². The smallest absolute Gasteiger partial charge is 0.315 e. The van der Waals surface area contributed by atoms with E-state index in [-0.39, 0.29) is 17.5 Å². The minimum Gasteiger partial charge on any atom is -0.377 e. The average Bonchev–Trinajstić information content (AvgIpc) is 3.07. The monoisotopic (exact) mass is 343 g/mol. The summed E-state index contributed by atoms with van der Waals surface area (Å²) in [7, 11) is 0. The third-order valence-corrected chi connectivity index (χ3v) is 6.31. The summed E-state index contributed by atoms with van der Waals surface area (Å²) in [6, 6.07) is 8.83. The lowest BCUT2D eigenvalue weighted by molar-refractivity contribution is -0.108. The zero-order chi connectivity index (χ0) is 17.4. The Kier molecular flexibility index (Phi) is 4.46. The summed E-state index contributed by atoms with van der Waals surface area (Å²) in [4.78, 5) is 14.7. The molecule has 2 N–H and O–H groups in total. The van der Waals surface area contributed by atoms with Crippen LogP contribution >= 0.6 is 0 Å². The van der Waals surface area contributed by atoms with Crippen molar-refractivity contribution in [1.82, 2.24) is 15.5 Å². The summed E-state index contributed by atoms with van der Waals surface area (Å²) >= 11 is 0. The Labute approximate surface area is 150 Å². The van der Waals surface area contributed by atoms with Gasteiger partial charge in [0.1, 0.15) is 0 Å². The van der Waals surface area contributed by atoms with Gasteiger partial charge in [-0.1, -0.05) is 38.1 Å². The highest BCUT2D eigenvalue weighted by molar-refractivity contribution is 5.74. The number of hydrogen-bond acceptors (Lipinski definition) is 3. The van der Waals surface area contributed by atoms with Gasteiger partial charge < -0.3 is 15.4 Å². The second-order valence-electron chi connectivity index (χ2n) is 8.24. The molecule has 136 valence electrons. The number of amides is 2. The van der Waals surface area contributed by atoms with Crippen LogP contribution in [-0.4, -0.2) is 49.3 Å². The fraction of sp³-hybridized carbons (Fsp3) is 0.650. The van der Waals surface area contributed by atoms with Gasteiger partial charge in [0.15, 0.2) is 0 Å². The minimum atomic E-state index is -0.0409. The molecule has 5 nitrogen and oxygen atoms in total. The van der Waals surface area contributed by atoms with Crippen molar-refractivity contribution in [1.29, 1.82) is 0 Å². The lowest BCUT2D eigenvalue weighted by Crippen LogP contribution is -2.67. The number of urea groups is 1. The molecule has 2 amide bonds. The maximum atomic E-state index is 12.3. The normalized spacial score (nSPS) is 30.1. The Morgan fingerprint density at radius 3 is 2.96 bits per heavy atom. The number of benzene rings is 1. The predicted molar refractivity (Wildman–Crippen MR) is 97.4 cm³/mol. The molecule has 0 bridgehead atoms. The van der Waals surface area contributed by atoms with Crippen LogP contribution in [0.15, 0.2) is 24.3 Å². The molecule has 4 rings (SSSR count). The van der Waals surface area contributed by atoms with Gasteiger partial charge in [0, 0.05) is 50.2 Å².